The summed E-state index contributed by atoms with van der Waals surface area (Å²) in [6.45, 7) is 6.49. The monoisotopic (exact) mass is 489 g/mol. The topological polar surface area (TPSA) is 71.8 Å². The van der Waals surface area contributed by atoms with Gasteiger partial charge in [0.05, 0.1) is 6.54 Å². The number of nitrogens with one attached hydrogen (secondary N) is 2. The molecule has 180 valence electrons. The normalized spacial score (nSPS) is 11.0. The number of urea groups is 1. The minimum atomic E-state index is -0.318. The highest BCUT2D eigenvalue weighted by Crippen LogP contribution is 2.26. The van der Waals surface area contributed by atoms with Crippen molar-refractivity contribution in [3.05, 3.63) is 101 Å². The summed E-state index contributed by atoms with van der Waals surface area (Å²) in [7, 11) is 0. The fourth-order valence-electron chi connectivity index (χ4n) is 3.48. The Labute approximate surface area is 209 Å². The number of anilines is 1. The first-order valence-corrected chi connectivity index (χ1v) is 12.4. The van der Waals surface area contributed by atoms with Gasteiger partial charge in [0, 0.05) is 17.1 Å². The van der Waals surface area contributed by atoms with Gasteiger partial charge in [0.25, 0.3) is 0 Å². The Bertz CT molecular complexity index is 1270. The number of nitrogens with zero attached hydrogens (tertiary/aromatic N) is 3. The molecule has 8 heteroatoms. The SMILES string of the molecule is Cc1ccc(-n2c(CNC(=O)Nc3ccc(C(C)C)cc3)nnc2SCc2ccc(F)cc2)cc1. The van der Waals surface area contributed by atoms with E-state index in [-0.39, 0.29) is 18.4 Å². The molecule has 35 heavy (non-hydrogen) atoms. The number of hydrogen-bond acceptors (Lipinski definition) is 4. The number of halogens is 1. The van der Waals surface area contributed by atoms with E-state index in [1.165, 1.54) is 29.5 Å². The third-order valence-electron chi connectivity index (χ3n) is 5.52. The van der Waals surface area contributed by atoms with Crippen molar-refractivity contribution in [2.24, 2.45) is 0 Å². The van der Waals surface area contributed by atoms with Crippen LogP contribution in [0.1, 0.15) is 42.3 Å². The van der Waals surface area contributed by atoms with Crippen molar-refractivity contribution in [3.8, 4) is 5.69 Å². The van der Waals surface area contributed by atoms with Gasteiger partial charge in [0.2, 0.25) is 0 Å². The van der Waals surface area contributed by atoms with E-state index in [2.05, 4.69) is 34.7 Å². The highest BCUT2D eigenvalue weighted by molar-refractivity contribution is 7.98. The highest BCUT2D eigenvalue weighted by Gasteiger charge is 2.16. The maximum atomic E-state index is 13.2. The number of amides is 2. The first-order chi connectivity index (χ1) is 16.9. The fourth-order valence-corrected chi connectivity index (χ4v) is 4.40. The molecule has 0 radical (unpaired) electrons. The van der Waals surface area contributed by atoms with E-state index in [4.69, 9.17) is 0 Å². The third kappa shape index (κ3) is 6.48. The molecule has 0 saturated carbocycles. The van der Waals surface area contributed by atoms with Crippen LogP contribution < -0.4 is 10.6 Å². The van der Waals surface area contributed by atoms with E-state index < -0.39 is 0 Å². The molecule has 0 atom stereocenters. The van der Waals surface area contributed by atoms with Gasteiger partial charge in [0.15, 0.2) is 11.0 Å². The number of aromatic nitrogens is 3. The quantitative estimate of drug-likeness (QED) is 0.279. The van der Waals surface area contributed by atoms with Gasteiger partial charge >= 0.3 is 6.03 Å². The van der Waals surface area contributed by atoms with Crippen LogP contribution in [-0.2, 0) is 12.3 Å². The molecule has 0 fully saturated rings. The largest absolute Gasteiger partial charge is 0.331 e. The zero-order chi connectivity index (χ0) is 24.8. The lowest BCUT2D eigenvalue weighted by molar-refractivity contribution is 0.251. The minimum Gasteiger partial charge on any atom is -0.331 e. The molecular weight excluding hydrogens is 461 g/mol. The van der Waals surface area contributed by atoms with Gasteiger partial charge in [-0.05, 0) is 60.4 Å². The number of thioether (sulfide) groups is 1. The van der Waals surface area contributed by atoms with Crippen LogP contribution in [-0.4, -0.2) is 20.8 Å². The van der Waals surface area contributed by atoms with Crippen LogP contribution in [0.5, 0.6) is 0 Å². The Morgan fingerprint density at radius 3 is 2.31 bits per heavy atom. The van der Waals surface area contributed by atoms with Gasteiger partial charge in [-0.2, -0.15) is 0 Å². The molecule has 1 heterocycles. The van der Waals surface area contributed by atoms with Crippen LogP contribution in [0.4, 0.5) is 14.9 Å². The number of aryl methyl sites for hydroxylation is 1. The van der Waals surface area contributed by atoms with Crippen molar-refractivity contribution in [2.45, 2.75) is 44.1 Å². The summed E-state index contributed by atoms with van der Waals surface area (Å²) in [5.74, 6) is 1.40. The summed E-state index contributed by atoms with van der Waals surface area (Å²) in [6, 6.07) is 22.0. The van der Waals surface area contributed by atoms with Crippen molar-refractivity contribution in [1.29, 1.82) is 0 Å². The number of hydrogen-bond donors (Lipinski definition) is 2. The van der Waals surface area contributed by atoms with Crippen LogP contribution in [0.25, 0.3) is 5.69 Å². The molecule has 0 spiro atoms. The van der Waals surface area contributed by atoms with Crippen LogP contribution in [0.3, 0.4) is 0 Å². The van der Waals surface area contributed by atoms with Crippen LogP contribution in [0.2, 0.25) is 0 Å². The predicted molar refractivity (Wildman–Crippen MR) is 138 cm³/mol. The van der Waals surface area contributed by atoms with Gasteiger partial charge in [-0.15, -0.1) is 10.2 Å². The third-order valence-corrected chi connectivity index (χ3v) is 6.52. The standard InChI is InChI=1S/C27H28FN5OS/c1-18(2)21-8-12-23(13-9-21)30-26(34)29-16-25-31-32-27(33(25)24-14-4-19(3)5-15-24)35-17-20-6-10-22(28)11-7-20/h4-15,18H,16-17H2,1-3H3,(H2,29,30,34). The summed E-state index contributed by atoms with van der Waals surface area (Å²) in [4.78, 5) is 12.5. The van der Waals surface area contributed by atoms with E-state index in [0.29, 0.717) is 22.7 Å². The molecule has 0 aliphatic rings. The number of benzene rings is 3. The molecule has 0 saturated heterocycles. The lowest BCUT2D eigenvalue weighted by Crippen LogP contribution is -2.29. The summed E-state index contributed by atoms with van der Waals surface area (Å²) in [5.41, 5.74) is 4.97. The van der Waals surface area contributed by atoms with Gasteiger partial charge < -0.3 is 10.6 Å². The first kappa shape index (κ1) is 24.5. The number of carbonyl (C=O) groups is 1. The Hall–Kier alpha value is -3.65. The van der Waals surface area contributed by atoms with Crippen LogP contribution >= 0.6 is 11.8 Å². The molecule has 4 rings (SSSR count). The van der Waals surface area contributed by atoms with E-state index in [1.807, 2.05) is 60.0 Å². The van der Waals surface area contributed by atoms with Crippen LogP contribution in [0.15, 0.2) is 78.0 Å². The van der Waals surface area contributed by atoms with Gasteiger partial charge in [0.1, 0.15) is 5.82 Å². The van der Waals surface area contributed by atoms with Gasteiger partial charge in [-0.25, -0.2) is 9.18 Å². The van der Waals surface area contributed by atoms with E-state index >= 15 is 0 Å². The van der Waals surface area contributed by atoms with E-state index in [1.54, 1.807) is 12.1 Å². The average molecular weight is 490 g/mol. The zero-order valence-electron chi connectivity index (χ0n) is 20.0. The Balaban J connectivity index is 1.47. The minimum absolute atomic E-state index is 0.202. The molecule has 3 aromatic carbocycles. The summed E-state index contributed by atoms with van der Waals surface area (Å²) < 4.78 is 15.2. The van der Waals surface area contributed by atoms with E-state index in [9.17, 15) is 9.18 Å². The number of rotatable bonds is 8. The molecule has 2 N–H and O–H groups in total. The molecule has 1 aromatic heterocycles. The molecule has 0 bridgehead atoms. The summed E-state index contributed by atoms with van der Waals surface area (Å²) in [6.07, 6.45) is 0. The smallest absolute Gasteiger partial charge is 0.319 e. The second-order valence-corrected chi connectivity index (χ2v) is 9.51. The van der Waals surface area contributed by atoms with Crippen molar-refractivity contribution in [2.75, 3.05) is 5.32 Å². The molecule has 2 amide bonds. The second-order valence-electron chi connectivity index (χ2n) is 8.57. The average Bonchev–Trinajstić information content (AvgIpc) is 3.26. The molecule has 0 aliphatic heterocycles. The molecule has 6 nitrogen and oxygen atoms in total. The maximum absolute atomic E-state index is 13.2. The molecular formula is C27H28FN5OS. The van der Waals surface area contributed by atoms with Crippen molar-refractivity contribution in [3.63, 3.8) is 0 Å². The Kier molecular flexibility index (Phi) is 7.82. The molecule has 4 aromatic rings. The fraction of sp³-hybridized carbons (Fsp3) is 0.222. The predicted octanol–water partition coefficient (Wildman–Crippen LogP) is 6.45. The summed E-state index contributed by atoms with van der Waals surface area (Å²) >= 11 is 1.50. The van der Waals surface area contributed by atoms with Gasteiger partial charge in [-0.1, -0.05) is 67.6 Å². The molecule has 0 unspecified atom stereocenters. The zero-order valence-corrected chi connectivity index (χ0v) is 20.8. The Morgan fingerprint density at radius 1 is 0.971 bits per heavy atom. The summed E-state index contributed by atoms with van der Waals surface area (Å²) in [5, 5.41) is 15.1. The Morgan fingerprint density at radius 2 is 1.66 bits per heavy atom. The van der Waals surface area contributed by atoms with Crippen LogP contribution in [0, 0.1) is 12.7 Å². The highest BCUT2D eigenvalue weighted by atomic mass is 32.2. The lowest BCUT2D eigenvalue weighted by atomic mass is 10.0. The first-order valence-electron chi connectivity index (χ1n) is 11.4. The number of carbonyl (C=O) groups excluding carboxylic acids is 1. The maximum Gasteiger partial charge on any atom is 0.319 e. The van der Waals surface area contributed by atoms with Crippen molar-refractivity contribution in [1.82, 2.24) is 20.1 Å². The van der Waals surface area contributed by atoms with Crippen molar-refractivity contribution >= 4 is 23.5 Å². The molecule has 0 aliphatic carbocycles. The van der Waals surface area contributed by atoms with Crippen molar-refractivity contribution < 1.29 is 9.18 Å². The lowest BCUT2D eigenvalue weighted by Gasteiger charge is -2.12. The van der Waals surface area contributed by atoms with Gasteiger partial charge in [-0.3, -0.25) is 4.57 Å². The second kappa shape index (κ2) is 11.2. The van der Waals surface area contributed by atoms with E-state index in [0.717, 1.165) is 22.5 Å².